The smallest absolute Gasteiger partial charge is 0.253 e. The lowest BCUT2D eigenvalue weighted by atomic mass is 10.1. The van der Waals surface area contributed by atoms with E-state index in [1.807, 2.05) is 53.1 Å². The number of carbonyl (C=O) groups excluding carboxylic acids is 2. The minimum absolute atomic E-state index is 0.00759. The van der Waals surface area contributed by atoms with Crippen molar-refractivity contribution >= 4 is 11.8 Å². The highest BCUT2D eigenvalue weighted by atomic mass is 16.5. The van der Waals surface area contributed by atoms with Gasteiger partial charge in [-0.05, 0) is 68.1 Å². The molecule has 2 aliphatic heterocycles. The molecule has 0 atom stereocenters. The van der Waals surface area contributed by atoms with Gasteiger partial charge in [-0.3, -0.25) is 14.5 Å². The first-order valence-corrected chi connectivity index (χ1v) is 13.8. The molecule has 0 radical (unpaired) electrons. The Labute approximate surface area is 227 Å². The highest BCUT2D eigenvalue weighted by Crippen LogP contribution is 2.22. The Balaban J connectivity index is 1.20. The Morgan fingerprint density at radius 1 is 0.868 bits per heavy atom. The topological polar surface area (TPSA) is 62.3 Å². The normalized spacial score (nSPS) is 17.4. The quantitative estimate of drug-likeness (QED) is 0.447. The summed E-state index contributed by atoms with van der Waals surface area (Å²) in [4.78, 5) is 31.6. The molecule has 2 saturated heterocycles. The number of likely N-dealkylation sites (tertiary alicyclic amines) is 1. The molecule has 204 valence electrons. The molecule has 2 fully saturated rings. The summed E-state index contributed by atoms with van der Waals surface area (Å²) in [6.07, 6.45) is 5.86. The molecule has 2 aromatic rings. The van der Waals surface area contributed by atoms with Gasteiger partial charge in [-0.2, -0.15) is 0 Å². The third-order valence-electron chi connectivity index (χ3n) is 7.40. The number of carbonyl (C=O) groups is 2. The second kappa shape index (κ2) is 13.5. The van der Waals surface area contributed by atoms with Crippen LogP contribution < -0.4 is 9.47 Å². The van der Waals surface area contributed by atoms with Gasteiger partial charge in [0.05, 0.1) is 7.11 Å². The van der Waals surface area contributed by atoms with Gasteiger partial charge in [-0.1, -0.05) is 31.1 Å². The van der Waals surface area contributed by atoms with E-state index in [0.717, 1.165) is 62.4 Å². The summed E-state index contributed by atoms with van der Waals surface area (Å²) in [5, 5.41) is 0. The number of nitrogens with zero attached hydrogens (tertiary/aromatic N) is 3. The van der Waals surface area contributed by atoms with Gasteiger partial charge in [0.2, 0.25) is 5.91 Å². The molecule has 2 amide bonds. The van der Waals surface area contributed by atoms with Crippen molar-refractivity contribution < 1.29 is 19.1 Å². The van der Waals surface area contributed by atoms with Crippen LogP contribution >= 0.6 is 0 Å². The zero-order valence-corrected chi connectivity index (χ0v) is 23.0. The van der Waals surface area contributed by atoms with Gasteiger partial charge in [0, 0.05) is 57.5 Å². The summed E-state index contributed by atoms with van der Waals surface area (Å²) in [6.45, 7) is 9.28. The van der Waals surface area contributed by atoms with Crippen molar-refractivity contribution in [3.63, 3.8) is 0 Å². The maximum absolute atomic E-state index is 13.0. The molecule has 0 unspecified atom stereocenters. The van der Waals surface area contributed by atoms with Crippen LogP contribution in [0.2, 0.25) is 0 Å². The SMILES string of the molecule is CCC/C(C)=C/C(=O)N1CCN(C(=O)c2ccc(OC3CCN(Cc4ccc(OC)cc4)CC3)cc2)CC1. The number of hydrogen-bond donors (Lipinski definition) is 0. The molecule has 0 aromatic heterocycles. The van der Waals surface area contributed by atoms with E-state index in [-0.39, 0.29) is 17.9 Å². The van der Waals surface area contributed by atoms with E-state index in [4.69, 9.17) is 9.47 Å². The summed E-state index contributed by atoms with van der Waals surface area (Å²) in [5.74, 6) is 1.75. The molecule has 0 spiro atoms. The van der Waals surface area contributed by atoms with Crippen LogP contribution in [0.15, 0.2) is 60.2 Å². The Morgan fingerprint density at radius 2 is 1.47 bits per heavy atom. The number of hydrogen-bond acceptors (Lipinski definition) is 5. The predicted molar refractivity (Wildman–Crippen MR) is 150 cm³/mol. The van der Waals surface area contributed by atoms with Crippen LogP contribution in [0.1, 0.15) is 55.5 Å². The van der Waals surface area contributed by atoms with Crippen LogP contribution in [0.25, 0.3) is 0 Å². The number of rotatable bonds is 9. The molecule has 2 aromatic carbocycles. The van der Waals surface area contributed by atoms with E-state index >= 15 is 0 Å². The molecule has 4 rings (SSSR count). The monoisotopic (exact) mass is 519 g/mol. The van der Waals surface area contributed by atoms with E-state index < -0.39 is 0 Å². The van der Waals surface area contributed by atoms with Crippen molar-refractivity contribution in [3.8, 4) is 11.5 Å². The third-order valence-corrected chi connectivity index (χ3v) is 7.40. The molecule has 0 saturated carbocycles. The first-order valence-electron chi connectivity index (χ1n) is 13.8. The average Bonchev–Trinajstić information content (AvgIpc) is 2.95. The second-order valence-corrected chi connectivity index (χ2v) is 10.3. The lowest BCUT2D eigenvalue weighted by Gasteiger charge is -2.34. The van der Waals surface area contributed by atoms with E-state index in [2.05, 4.69) is 24.0 Å². The molecule has 0 aliphatic carbocycles. The molecule has 0 bridgehead atoms. The second-order valence-electron chi connectivity index (χ2n) is 10.3. The zero-order valence-electron chi connectivity index (χ0n) is 23.0. The first kappa shape index (κ1) is 27.7. The molecular formula is C31H41N3O4. The predicted octanol–water partition coefficient (Wildman–Crippen LogP) is 4.77. The standard InChI is InChI=1S/C31H41N3O4/c1-4-5-24(2)22-30(35)33-18-20-34(21-19-33)31(36)26-8-12-28(13-9-26)38-29-14-16-32(17-15-29)23-25-6-10-27(37-3)11-7-25/h6-13,22,29H,4-5,14-21,23H2,1-3H3/b24-22+. The zero-order chi connectivity index (χ0) is 26.9. The minimum atomic E-state index is 0.00759. The molecular weight excluding hydrogens is 478 g/mol. The average molecular weight is 520 g/mol. The molecule has 2 aliphatic rings. The number of benzene rings is 2. The van der Waals surface area contributed by atoms with E-state index in [1.54, 1.807) is 13.2 Å². The van der Waals surface area contributed by atoms with Gasteiger partial charge in [-0.25, -0.2) is 0 Å². The molecule has 0 N–H and O–H groups in total. The Morgan fingerprint density at radius 3 is 2.08 bits per heavy atom. The Kier molecular flexibility index (Phi) is 9.82. The van der Waals surface area contributed by atoms with Gasteiger partial charge in [-0.15, -0.1) is 0 Å². The van der Waals surface area contributed by atoms with Crippen LogP contribution in [-0.2, 0) is 11.3 Å². The number of piperidine rings is 1. The van der Waals surface area contributed by atoms with Crippen molar-refractivity contribution in [2.45, 2.75) is 52.2 Å². The third kappa shape index (κ3) is 7.60. The summed E-state index contributed by atoms with van der Waals surface area (Å²) < 4.78 is 11.5. The number of piperazine rings is 1. The van der Waals surface area contributed by atoms with Gasteiger partial charge in [0.1, 0.15) is 17.6 Å². The first-order chi connectivity index (χ1) is 18.4. The van der Waals surface area contributed by atoms with Crippen molar-refractivity contribution in [1.29, 1.82) is 0 Å². The highest BCUT2D eigenvalue weighted by Gasteiger charge is 2.25. The molecule has 38 heavy (non-hydrogen) atoms. The molecule has 7 nitrogen and oxygen atoms in total. The van der Waals surface area contributed by atoms with Crippen LogP contribution in [-0.4, -0.2) is 79.0 Å². The van der Waals surface area contributed by atoms with Gasteiger partial charge < -0.3 is 19.3 Å². The summed E-state index contributed by atoms with van der Waals surface area (Å²) >= 11 is 0. The maximum Gasteiger partial charge on any atom is 0.253 e. The van der Waals surface area contributed by atoms with Crippen LogP contribution in [0, 0.1) is 0 Å². The number of methoxy groups -OCH3 is 1. The molecule has 2 heterocycles. The maximum atomic E-state index is 13.0. The van der Waals surface area contributed by atoms with Crippen molar-refractivity contribution in [2.24, 2.45) is 0 Å². The number of allylic oxidation sites excluding steroid dienone is 1. The minimum Gasteiger partial charge on any atom is -0.497 e. The van der Waals surface area contributed by atoms with Gasteiger partial charge in [0.15, 0.2) is 0 Å². The fourth-order valence-corrected chi connectivity index (χ4v) is 5.12. The largest absolute Gasteiger partial charge is 0.497 e. The summed E-state index contributed by atoms with van der Waals surface area (Å²) in [6, 6.07) is 15.8. The van der Waals surface area contributed by atoms with E-state index in [9.17, 15) is 9.59 Å². The van der Waals surface area contributed by atoms with Crippen molar-refractivity contribution in [1.82, 2.24) is 14.7 Å². The van der Waals surface area contributed by atoms with Crippen LogP contribution in [0.3, 0.4) is 0 Å². The lowest BCUT2D eigenvalue weighted by Crippen LogP contribution is -2.50. The fourth-order valence-electron chi connectivity index (χ4n) is 5.12. The summed E-state index contributed by atoms with van der Waals surface area (Å²) in [7, 11) is 1.69. The van der Waals surface area contributed by atoms with E-state index in [0.29, 0.717) is 31.7 Å². The van der Waals surface area contributed by atoms with Crippen molar-refractivity contribution in [3.05, 3.63) is 71.3 Å². The van der Waals surface area contributed by atoms with Crippen molar-refractivity contribution in [2.75, 3.05) is 46.4 Å². The number of amides is 2. The van der Waals surface area contributed by atoms with Gasteiger partial charge in [0.25, 0.3) is 5.91 Å². The van der Waals surface area contributed by atoms with Crippen LogP contribution in [0.5, 0.6) is 11.5 Å². The van der Waals surface area contributed by atoms with Crippen LogP contribution in [0.4, 0.5) is 0 Å². The Bertz CT molecular complexity index is 1080. The van der Waals surface area contributed by atoms with E-state index in [1.165, 1.54) is 5.56 Å². The number of ether oxygens (including phenoxy) is 2. The van der Waals surface area contributed by atoms with Gasteiger partial charge >= 0.3 is 0 Å². The fraction of sp³-hybridized carbons (Fsp3) is 0.484. The lowest BCUT2D eigenvalue weighted by molar-refractivity contribution is -0.127. The highest BCUT2D eigenvalue weighted by molar-refractivity contribution is 5.94. The summed E-state index contributed by atoms with van der Waals surface area (Å²) in [5.41, 5.74) is 3.06. The molecule has 7 heteroatoms. The Hall–Kier alpha value is -3.32.